The highest BCUT2D eigenvalue weighted by Crippen LogP contribution is 2.43. The number of hydrogen-bond acceptors (Lipinski definition) is 0. The van der Waals surface area contributed by atoms with E-state index in [2.05, 4.69) is 35.9 Å². The van der Waals surface area contributed by atoms with Crippen molar-refractivity contribution in [2.24, 2.45) is 0 Å². The number of rotatable bonds is 2. The standard InChI is InChI=1S/C4H10IP/c1-3-6(5)4-2/h3-4H2,1-2H3. The van der Waals surface area contributed by atoms with E-state index in [-0.39, 0.29) is 0 Å². The van der Waals surface area contributed by atoms with Crippen molar-refractivity contribution < 1.29 is 0 Å². The molecule has 0 atom stereocenters. The van der Waals surface area contributed by atoms with Gasteiger partial charge in [-0.25, -0.2) is 0 Å². The van der Waals surface area contributed by atoms with E-state index in [0.717, 1.165) is 0 Å². The molecule has 0 aliphatic rings. The van der Waals surface area contributed by atoms with Crippen LogP contribution in [0, 0.1) is 0 Å². The molecule has 0 rings (SSSR count). The zero-order valence-corrected chi connectivity index (χ0v) is 7.29. The molecule has 0 aliphatic heterocycles. The summed E-state index contributed by atoms with van der Waals surface area (Å²) in [5.41, 5.74) is 0.394. The normalized spacial score (nSPS) is 10.0. The monoisotopic (exact) mass is 216 g/mol. The molecule has 0 spiro atoms. The summed E-state index contributed by atoms with van der Waals surface area (Å²) in [5.74, 6) is 0. The highest BCUT2D eigenvalue weighted by Gasteiger charge is 1.90. The Labute approximate surface area is 53.9 Å². The van der Waals surface area contributed by atoms with Crippen molar-refractivity contribution in [1.29, 1.82) is 0 Å². The summed E-state index contributed by atoms with van der Waals surface area (Å²) < 4.78 is 0. The van der Waals surface area contributed by atoms with Crippen molar-refractivity contribution in [3.05, 3.63) is 0 Å². The molecule has 0 saturated carbocycles. The summed E-state index contributed by atoms with van der Waals surface area (Å²) in [7, 11) is 0. The first-order valence-corrected chi connectivity index (χ1v) is 6.71. The fraction of sp³-hybridized carbons (Fsp3) is 1.00. The first-order chi connectivity index (χ1) is 2.81. The third-order valence-electron chi connectivity index (χ3n) is 0.686. The average Bonchev–Trinajstić information content (AvgIpc) is 1.65. The van der Waals surface area contributed by atoms with Crippen LogP contribution >= 0.6 is 27.6 Å². The van der Waals surface area contributed by atoms with Gasteiger partial charge < -0.3 is 0 Å². The van der Waals surface area contributed by atoms with Crippen LogP contribution < -0.4 is 0 Å². The lowest BCUT2D eigenvalue weighted by Crippen LogP contribution is -1.68. The van der Waals surface area contributed by atoms with E-state index in [9.17, 15) is 0 Å². The Morgan fingerprint density at radius 2 is 1.67 bits per heavy atom. The Balaban J connectivity index is 2.75. The molecule has 0 N–H and O–H groups in total. The van der Waals surface area contributed by atoms with Crippen LogP contribution in [0.3, 0.4) is 0 Å². The van der Waals surface area contributed by atoms with Gasteiger partial charge in [0.15, 0.2) is 0 Å². The van der Waals surface area contributed by atoms with Crippen LogP contribution in [0.15, 0.2) is 0 Å². The molecule has 0 amide bonds. The van der Waals surface area contributed by atoms with Crippen LogP contribution in [0.2, 0.25) is 0 Å². The van der Waals surface area contributed by atoms with Crippen molar-refractivity contribution in [1.82, 2.24) is 0 Å². The topological polar surface area (TPSA) is 0 Å². The van der Waals surface area contributed by atoms with Crippen molar-refractivity contribution in [3.63, 3.8) is 0 Å². The maximum Gasteiger partial charge on any atom is -0.0264 e. The fourth-order valence-electron chi connectivity index (χ4n) is 0.224. The Morgan fingerprint density at radius 1 is 1.33 bits per heavy atom. The summed E-state index contributed by atoms with van der Waals surface area (Å²) in [6.45, 7) is 4.50. The number of hydrogen-bond donors (Lipinski definition) is 0. The van der Waals surface area contributed by atoms with E-state index in [4.69, 9.17) is 0 Å². The molecular weight excluding hydrogens is 206 g/mol. The Hall–Kier alpha value is 1.16. The van der Waals surface area contributed by atoms with Crippen LogP contribution in [0.1, 0.15) is 13.8 Å². The van der Waals surface area contributed by atoms with Crippen molar-refractivity contribution in [2.45, 2.75) is 13.8 Å². The third-order valence-corrected chi connectivity index (χ3v) is 6.15. The molecule has 38 valence electrons. The molecule has 0 aromatic heterocycles. The van der Waals surface area contributed by atoms with E-state index in [1.54, 1.807) is 0 Å². The van der Waals surface area contributed by atoms with Gasteiger partial charge in [0.05, 0.1) is 0 Å². The minimum atomic E-state index is 0.394. The van der Waals surface area contributed by atoms with Crippen molar-refractivity contribution in [3.8, 4) is 0 Å². The smallest absolute Gasteiger partial charge is 0.0264 e. The van der Waals surface area contributed by atoms with Gasteiger partial charge in [-0.3, -0.25) is 0 Å². The largest absolute Gasteiger partial charge is 0.0607 e. The maximum absolute atomic E-state index is 2.53. The van der Waals surface area contributed by atoms with Gasteiger partial charge in [-0.1, -0.05) is 35.9 Å². The molecule has 0 aromatic carbocycles. The average molecular weight is 216 g/mol. The van der Waals surface area contributed by atoms with Crippen molar-refractivity contribution >= 4 is 27.6 Å². The van der Waals surface area contributed by atoms with Gasteiger partial charge in [-0.2, -0.15) is 0 Å². The molecule has 0 radical (unpaired) electrons. The summed E-state index contributed by atoms with van der Waals surface area (Å²) in [5, 5.41) is 0. The molecule has 6 heavy (non-hydrogen) atoms. The summed E-state index contributed by atoms with van der Waals surface area (Å²) in [6, 6.07) is 0. The Kier molecular flexibility index (Phi) is 5.16. The lowest BCUT2D eigenvalue weighted by atomic mass is 11.0. The zero-order chi connectivity index (χ0) is 4.99. The molecule has 0 unspecified atom stereocenters. The van der Waals surface area contributed by atoms with E-state index in [1.165, 1.54) is 12.3 Å². The molecular formula is C4H10IP. The number of halogens is 1. The molecule has 0 aliphatic carbocycles. The zero-order valence-electron chi connectivity index (χ0n) is 4.24. The SMILES string of the molecule is CCP(I)CC. The summed E-state index contributed by atoms with van der Waals surface area (Å²) in [6.07, 6.45) is 2.76. The molecule has 0 heterocycles. The van der Waals surface area contributed by atoms with Gasteiger partial charge in [0.25, 0.3) is 0 Å². The van der Waals surface area contributed by atoms with Crippen LogP contribution in [0.5, 0.6) is 0 Å². The molecule has 0 aromatic rings. The van der Waals surface area contributed by atoms with E-state index in [0.29, 0.717) is 5.56 Å². The van der Waals surface area contributed by atoms with Gasteiger partial charge in [-0.05, 0) is 17.9 Å². The van der Waals surface area contributed by atoms with Crippen molar-refractivity contribution in [2.75, 3.05) is 12.3 Å². The third kappa shape index (κ3) is 3.35. The van der Waals surface area contributed by atoms with Gasteiger partial charge in [0, 0.05) is 0 Å². The second-order valence-electron chi connectivity index (χ2n) is 1.10. The lowest BCUT2D eigenvalue weighted by molar-refractivity contribution is 1.44. The lowest BCUT2D eigenvalue weighted by Gasteiger charge is -1.97. The second kappa shape index (κ2) is 4.32. The van der Waals surface area contributed by atoms with Gasteiger partial charge in [0.2, 0.25) is 0 Å². The molecule has 0 bridgehead atoms. The van der Waals surface area contributed by atoms with E-state index >= 15 is 0 Å². The van der Waals surface area contributed by atoms with E-state index < -0.39 is 0 Å². The van der Waals surface area contributed by atoms with Gasteiger partial charge in [0.1, 0.15) is 0 Å². The van der Waals surface area contributed by atoms with Crippen LogP contribution in [-0.4, -0.2) is 12.3 Å². The maximum atomic E-state index is 2.53. The predicted octanol–water partition coefficient (Wildman–Crippen LogP) is 2.86. The fourth-order valence-corrected chi connectivity index (χ4v) is 0.671. The van der Waals surface area contributed by atoms with Gasteiger partial charge in [-0.15, -0.1) is 0 Å². The molecule has 0 fully saturated rings. The summed E-state index contributed by atoms with van der Waals surface area (Å²) >= 11 is 2.53. The van der Waals surface area contributed by atoms with Crippen LogP contribution in [0.4, 0.5) is 0 Å². The van der Waals surface area contributed by atoms with Gasteiger partial charge >= 0.3 is 0 Å². The Bertz CT molecular complexity index is 26.7. The summed E-state index contributed by atoms with van der Waals surface area (Å²) in [4.78, 5) is 0. The highest BCUT2D eigenvalue weighted by molar-refractivity contribution is 14.2. The quantitative estimate of drug-likeness (QED) is 0.491. The Morgan fingerprint density at radius 3 is 1.67 bits per heavy atom. The predicted molar refractivity (Wildman–Crippen MR) is 42.0 cm³/mol. The molecule has 0 nitrogen and oxygen atoms in total. The first-order valence-electron chi connectivity index (χ1n) is 2.22. The van der Waals surface area contributed by atoms with Crippen LogP contribution in [0.25, 0.3) is 0 Å². The molecule has 0 saturated heterocycles. The first kappa shape index (κ1) is 7.16. The second-order valence-corrected chi connectivity index (χ2v) is 7.38. The minimum absolute atomic E-state index is 0.394. The van der Waals surface area contributed by atoms with Crippen LogP contribution in [-0.2, 0) is 0 Å². The molecule has 2 heteroatoms. The highest BCUT2D eigenvalue weighted by atomic mass is 127. The minimum Gasteiger partial charge on any atom is -0.0607 e. The van der Waals surface area contributed by atoms with E-state index in [1.807, 2.05) is 0 Å².